The predicted octanol–water partition coefficient (Wildman–Crippen LogP) is 3.23. The summed E-state index contributed by atoms with van der Waals surface area (Å²) in [5.41, 5.74) is 3.83. The molecule has 0 radical (unpaired) electrons. The fourth-order valence-corrected chi connectivity index (χ4v) is 3.28. The fraction of sp³-hybridized carbons (Fsp3) is 0.263. The maximum Gasteiger partial charge on any atom is 0.274 e. The molecule has 0 spiro atoms. The van der Waals surface area contributed by atoms with Crippen LogP contribution >= 0.6 is 0 Å². The van der Waals surface area contributed by atoms with Crippen LogP contribution in [0.3, 0.4) is 0 Å². The van der Waals surface area contributed by atoms with Gasteiger partial charge in [0.2, 0.25) is 0 Å². The Hall–Kier alpha value is -2.82. The fourth-order valence-electron chi connectivity index (χ4n) is 3.28. The SMILES string of the molecule is CN(Cc1ccco1)C(=O)c1nn(-c2ccccc2)c2c1CCC2. The van der Waals surface area contributed by atoms with Gasteiger partial charge in [0, 0.05) is 18.3 Å². The number of hydrogen-bond donors (Lipinski definition) is 0. The van der Waals surface area contributed by atoms with E-state index in [4.69, 9.17) is 4.42 Å². The molecule has 0 aliphatic heterocycles. The normalized spacial score (nSPS) is 13.0. The van der Waals surface area contributed by atoms with Gasteiger partial charge < -0.3 is 9.32 Å². The number of carbonyl (C=O) groups is 1. The predicted molar refractivity (Wildman–Crippen MR) is 90.1 cm³/mol. The first kappa shape index (κ1) is 14.8. The molecule has 122 valence electrons. The molecule has 5 nitrogen and oxygen atoms in total. The Kier molecular flexibility index (Phi) is 3.69. The first-order valence-corrected chi connectivity index (χ1v) is 8.18. The van der Waals surface area contributed by atoms with E-state index in [1.54, 1.807) is 18.2 Å². The van der Waals surface area contributed by atoms with Gasteiger partial charge in [-0.2, -0.15) is 5.10 Å². The average molecular weight is 321 g/mol. The standard InChI is InChI=1S/C19H19N3O2/c1-21(13-15-9-6-12-24-15)19(23)18-16-10-5-11-17(16)22(20-18)14-7-3-2-4-8-14/h2-4,6-9,12H,5,10-11,13H2,1H3. The molecule has 0 atom stereocenters. The topological polar surface area (TPSA) is 51.3 Å². The van der Waals surface area contributed by atoms with Crippen LogP contribution in [0.4, 0.5) is 0 Å². The van der Waals surface area contributed by atoms with E-state index in [-0.39, 0.29) is 5.91 Å². The van der Waals surface area contributed by atoms with Gasteiger partial charge in [-0.3, -0.25) is 4.79 Å². The van der Waals surface area contributed by atoms with E-state index in [1.807, 2.05) is 47.1 Å². The van der Waals surface area contributed by atoms with Crippen LogP contribution in [0.5, 0.6) is 0 Å². The summed E-state index contributed by atoms with van der Waals surface area (Å²) in [6, 6.07) is 13.7. The van der Waals surface area contributed by atoms with Crippen LogP contribution in [-0.2, 0) is 19.4 Å². The highest BCUT2D eigenvalue weighted by molar-refractivity contribution is 5.94. The zero-order valence-electron chi connectivity index (χ0n) is 13.6. The number of aromatic nitrogens is 2. The van der Waals surface area contributed by atoms with Gasteiger partial charge in [-0.1, -0.05) is 18.2 Å². The van der Waals surface area contributed by atoms with Gasteiger partial charge in [0.1, 0.15) is 5.76 Å². The molecule has 1 amide bonds. The van der Waals surface area contributed by atoms with Gasteiger partial charge >= 0.3 is 0 Å². The lowest BCUT2D eigenvalue weighted by Gasteiger charge is -2.14. The molecule has 1 aliphatic rings. The van der Waals surface area contributed by atoms with E-state index >= 15 is 0 Å². The number of furan rings is 1. The van der Waals surface area contributed by atoms with Crippen LogP contribution < -0.4 is 0 Å². The van der Waals surface area contributed by atoms with Gasteiger partial charge in [-0.15, -0.1) is 0 Å². The van der Waals surface area contributed by atoms with E-state index in [0.29, 0.717) is 12.2 Å². The Morgan fingerprint density at radius 2 is 2.04 bits per heavy atom. The molecule has 0 bridgehead atoms. The third-order valence-electron chi connectivity index (χ3n) is 4.45. The van der Waals surface area contributed by atoms with Crippen LogP contribution in [0.2, 0.25) is 0 Å². The number of benzene rings is 1. The molecule has 2 aromatic heterocycles. The highest BCUT2D eigenvalue weighted by Gasteiger charge is 2.28. The first-order chi connectivity index (χ1) is 11.7. The lowest BCUT2D eigenvalue weighted by molar-refractivity contribution is 0.0768. The summed E-state index contributed by atoms with van der Waals surface area (Å²) in [6.45, 7) is 0.443. The Bertz CT molecular complexity index is 850. The number of hydrogen-bond acceptors (Lipinski definition) is 3. The maximum atomic E-state index is 12.9. The molecule has 24 heavy (non-hydrogen) atoms. The summed E-state index contributed by atoms with van der Waals surface area (Å²) in [5.74, 6) is 0.712. The van der Waals surface area contributed by atoms with Crippen molar-refractivity contribution in [1.82, 2.24) is 14.7 Å². The summed E-state index contributed by atoms with van der Waals surface area (Å²) >= 11 is 0. The van der Waals surface area contributed by atoms with E-state index < -0.39 is 0 Å². The van der Waals surface area contributed by atoms with E-state index in [2.05, 4.69) is 5.10 Å². The quantitative estimate of drug-likeness (QED) is 0.741. The van der Waals surface area contributed by atoms with Gasteiger partial charge in [0.05, 0.1) is 18.5 Å². The lowest BCUT2D eigenvalue weighted by atomic mass is 10.2. The summed E-state index contributed by atoms with van der Waals surface area (Å²) in [5, 5.41) is 4.65. The van der Waals surface area contributed by atoms with Crippen molar-refractivity contribution in [3.8, 4) is 5.69 Å². The first-order valence-electron chi connectivity index (χ1n) is 8.18. The van der Waals surface area contributed by atoms with Crippen LogP contribution in [0.15, 0.2) is 53.1 Å². The minimum absolute atomic E-state index is 0.0563. The van der Waals surface area contributed by atoms with Crippen molar-refractivity contribution in [3.05, 3.63) is 71.4 Å². The Labute approximate surface area is 140 Å². The zero-order valence-corrected chi connectivity index (χ0v) is 13.6. The number of amides is 1. The van der Waals surface area contributed by atoms with Crippen molar-refractivity contribution in [2.24, 2.45) is 0 Å². The van der Waals surface area contributed by atoms with Gasteiger partial charge in [-0.25, -0.2) is 4.68 Å². The Morgan fingerprint density at radius 3 is 2.79 bits per heavy atom. The number of para-hydroxylation sites is 1. The van der Waals surface area contributed by atoms with Crippen molar-refractivity contribution < 1.29 is 9.21 Å². The molecular weight excluding hydrogens is 302 g/mol. The molecule has 0 fully saturated rings. The maximum absolute atomic E-state index is 12.9. The smallest absolute Gasteiger partial charge is 0.274 e. The Morgan fingerprint density at radius 1 is 1.21 bits per heavy atom. The minimum atomic E-state index is -0.0563. The largest absolute Gasteiger partial charge is 0.467 e. The second-order valence-corrected chi connectivity index (χ2v) is 6.12. The second kappa shape index (κ2) is 6.00. The summed E-state index contributed by atoms with van der Waals surface area (Å²) < 4.78 is 7.26. The van der Waals surface area contributed by atoms with Crippen LogP contribution in [0.1, 0.15) is 33.9 Å². The molecule has 4 rings (SSSR count). The lowest BCUT2D eigenvalue weighted by Crippen LogP contribution is -2.27. The third kappa shape index (κ3) is 2.52. The van der Waals surface area contributed by atoms with Crippen LogP contribution in [0.25, 0.3) is 5.69 Å². The molecule has 0 saturated carbocycles. The van der Waals surface area contributed by atoms with Gasteiger partial charge in [-0.05, 0) is 43.5 Å². The summed E-state index contributed by atoms with van der Waals surface area (Å²) in [6.07, 6.45) is 4.57. The highest BCUT2D eigenvalue weighted by atomic mass is 16.3. The van der Waals surface area contributed by atoms with Crippen molar-refractivity contribution in [1.29, 1.82) is 0 Å². The van der Waals surface area contributed by atoms with Crippen molar-refractivity contribution >= 4 is 5.91 Å². The number of rotatable bonds is 4. The van der Waals surface area contributed by atoms with Crippen LogP contribution in [0, 0.1) is 0 Å². The monoisotopic (exact) mass is 321 g/mol. The summed E-state index contributed by atoms with van der Waals surface area (Å²) in [4.78, 5) is 14.5. The minimum Gasteiger partial charge on any atom is -0.467 e. The van der Waals surface area contributed by atoms with E-state index in [9.17, 15) is 4.79 Å². The average Bonchev–Trinajstić information content (AvgIpc) is 3.32. The molecular formula is C19H19N3O2. The van der Waals surface area contributed by atoms with Crippen LogP contribution in [-0.4, -0.2) is 27.6 Å². The third-order valence-corrected chi connectivity index (χ3v) is 4.45. The second-order valence-electron chi connectivity index (χ2n) is 6.12. The molecule has 5 heteroatoms. The Balaban J connectivity index is 1.67. The number of carbonyl (C=O) groups excluding carboxylic acids is 1. The molecule has 3 aromatic rings. The zero-order chi connectivity index (χ0) is 16.5. The molecule has 0 saturated heterocycles. The molecule has 0 unspecified atom stereocenters. The van der Waals surface area contributed by atoms with Crippen molar-refractivity contribution in [3.63, 3.8) is 0 Å². The number of nitrogens with zero attached hydrogens (tertiary/aromatic N) is 3. The highest BCUT2D eigenvalue weighted by Crippen LogP contribution is 2.28. The molecule has 0 N–H and O–H groups in total. The molecule has 1 aromatic carbocycles. The van der Waals surface area contributed by atoms with E-state index in [0.717, 1.165) is 42.0 Å². The van der Waals surface area contributed by atoms with Crippen molar-refractivity contribution in [2.75, 3.05) is 7.05 Å². The van der Waals surface area contributed by atoms with Gasteiger partial charge in [0.25, 0.3) is 5.91 Å². The summed E-state index contributed by atoms with van der Waals surface area (Å²) in [7, 11) is 1.79. The van der Waals surface area contributed by atoms with E-state index in [1.165, 1.54) is 0 Å². The molecule has 1 aliphatic carbocycles. The molecule has 2 heterocycles. The number of fused-ring (bicyclic) bond motifs is 1. The van der Waals surface area contributed by atoms with Gasteiger partial charge in [0.15, 0.2) is 5.69 Å². The van der Waals surface area contributed by atoms with Crippen molar-refractivity contribution in [2.45, 2.75) is 25.8 Å².